The van der Waals surface area contributed by atoms with Gasteiger partial charge in [0.25, 0.3) is 0 Å². The Morgan fingerprint density at radius 3 is 2.79 bits per heavy atom. The summed E-state index contributed by atoms with van der Waals surface area (Å²) in [6.45, 7) is 0.699. The molecule has 0 saturated carbocycles. The fraction of sp³-hybridized carbons (Fsp3) is 0.471. The third-order valence-corrected chi connectivity index (χ3v) is 4.13. The van der Waals surface area contributed by atoms with E-state index >= 15 is 0 Å². The highest BCUT2D eigenvalue weighted by atomic mass is 16.5. The van der Waals surface area contributed by atoms with E-state index in [1.54, 1.807) is 12.0 Å². The predicted molar refractivity (Wildman–Crippen MR) is 88.2 cm³/mol. The number of ether oxygens (including phenoxy) is 1. The molecule has 1 aliphatic rings. The molecule has 0 unspecified atom stereocenters. The second-order valence-electron chi connectivity index (χ2n) is 5.71. The van der Waals surface area contributed by atoms with Crippen molar-refractivity contribution >= 4 is 17.7 Å². The third kappa shape index (κ3) is 4.47. The molecule has 1 saturated heterocycles. The fourth-order valence-corrected chi connectivity index (χ4v) is 2.72. The average Bonchev–Trinajstić information content (AvgIpc) is 2.61. The Labute approximate surface area is 141 Å². The molecule has 24 heavy (non-hydrogen) atoms. The van der Waals surface area contributed by atoms with Gasteiger partial charge in [-0.15, -0.1) is 0 Å². The zero-order chi connectivity index (χ0) is 17.5. The number of carbonyl (C=O) groups excluding carboxylic acids is 3. The van der Waals surface area contributed by atoms with Crippen LogP contribution in [0.1, 0.15) is 18.4 Å². The number of carbonyl (C=O) groups is 3. The number of piperidine rings is 1. The van der Waals surface area contributed by atoms with E-state index in [-0.39, 0.29) is 30.2 Å². The molecule has 0 radical (unpaired) electrons. The van der Waals surface area contributed by atoms with Crippen LogP contribution in [-0.4, -0.2) is 49.9 Å². The average molecular weight is 333 g/mol. The highest BCUT2D eigenvalue weighted by molar-refractivity contribution is 5.87. The molecule has 1 atom stereocenters. The van der Waals surface area contributed by atoms with Crippen molar-refractivity contribution in [1.82, 2.24) is 15.5 Å². The lowest BCUT2D eigenvalue weighted by molar-refractivity contribution is -0.139. The van der Waals surface area contributed by atoms with Crippen LogP contribution in [0.3, 0.4) is 0 Å². The van der Waals surface area contributed by atoms with E-state index in [1.165, 1.54) is 7.05 Å². The minimum atomic E-state index is -0.304. The van der Waals surface area contributed by atoms with E-state index in [9.17, 15) is 14.4 Å². The number of likely N-dealkylation sites (tertiary alicyclic amines) is 1. The van der Waals surface area contributed by atoms with Crippen molar-refractivity contribution in [2.75, 3.05) is 27.2 Å². The van der Waals surface area contributed by atoms with E-state index in [4.69, 9.17) is 4.74 Å². The lowest BCUT2D eigenvalue weighted by Gasteiger charge is -2.32. The molecule has 1 aliphatic heterocycles. The van der Waals surface area contributed by atoms with Crippen molar-refractivity contribution < 1.29 is 19.1 Å². The van der Waals surface area contributed by atoms with E-state index < -0.39 is 0 Å². The van der Waals surface area contributed by atoms with E-state index in [2.05, 4.69) is 10.6 Å². The first kappa shape index (κ1) is 17.8. The second-order valence-corrected chi connectivity index (χ2v) is 5.71. The molecule has 2 N–H and O–H groups in total. The van der Waals surface area contributed by atoms with Crippen LogP contribution in [0.4, 0.5) is 0 Å². The van der Waals surface area contributed by atoms with Gasteiger partial charge in [0.2, 0.25) is 17.7 Å². The van der Waals surface area contributed by atoms with Gasteiger partial charge in [0.1, 0.15) is 5.75 Å². The lowest BCUT2D eigenvalue weighted by Crippen LogP contribution is -2.47. The van der Waals surface area contributed by atoms with Crippen LogP contribution in [0.15, 0.2) is 24.3 Å². The standard InChI is InChI=1S/C17H23N3O4/c1-18-15(21)9-19-17(23)13-7-8-16(22)20(11-13)10-12-5-3-4-6-14(12)24-2/h3-6,13H,7-11H2,1-2H3,(H,18,21)(H,19,23)/t13-/m0/s1. The summed E-state index contributed by atoms with van der Waals surface area (Å²) in [5.41, 5.74) is 0.903. The summed E-state index contributed by atoms with van der Waals surface area (Å²) in [5, 5.41) is 5.06. The molecule has 0 spiro atoms. The van der Waals surface area contributed by atoms with Crippen molar-refractivity contribution in [3.8, 4) is 5.75 Å². The SMILES string of the molecule is CNC(=O)CNC(=O)[C@H]1CCC(=O)N(Cc2ccccc2OC)C1. The van der Waals surface area contributed by atoms with Crippen LogP contribution >= 0.6 is 0 Å². The smallest absolute Gasteiger partial charge is 0.239 e. The topological polar surface area (TPSA) is 87.7 Å². The molecule has 130 valence electrons. The van der Waals surface area contributed by atoms with Gasteiger partial charge in [-0.25, -0.2) is 0 Å². The highest BCUT2D eigenvalue weighted by Crippen LogP contribution is 2.24. The van der Waals surface area contributed by atoms with E-state index in [0.29, 0.717) is 25.9 Å². The van der Waals surface area contributed by atoms with Crippen LogP contribution in [-0.2, 0) is 20.9 Å². The Morgan fingerprint density at radius 2 is 2.08 bits per heavy atom. The number of nitrogens with zero attached hydrogens (tertiary/aromatic N) is 1. The molecular formula is C17H23N3O4. The molecule has 0 aliphatic carbocycles. The normalized spacial score (nSPS) is 17.3. The lowest BCUT2D eigenvalue weighted by atomic mass is 9.96. The number of benzene rings is 1. The van der Waals surface area contributed by atoms with Crippen LogP contribution in [0.5, 0.6) is 5.75 Å². The van der Waals surface area contributed by atoms with Crippen LogP contribution in [0.2, 0.25) is 0 Å². The van der Waals surface area contributed by atoms with Crippen molar-refractivity contribution in [2.24, 2.45) is 5.92 Å². The molecule has 2 rings (SSSR count). The maximum atomic E-state index is 12.2. The number of likely N-dealkylation sites (N-methyl/N-ethyl adjacent to an activating group) is 1. The summed E-state index contributed by atoms with van der Waals surface area (Å²) in [6, 6.07) is 7.51. The maximum absolute atomic E-state index is 12.2. The number of rotatable bonds is 6. The zero-order valence-electron chi connectivity index (χ0n) is 14.0. The molecule has 1 aromatic rings. The summed E-state index contributed by atoms with van der Waals surface area (Å²) in [7, 11) is 3.11. The Kier molecular flexibility index (Phi) is 6.17. The van der Waals surface area contributed by atoms with E-state index in [1.807, 2.05) is 24.3 Å². The first-order valence-electron chi connectivity index (χ1n) is 7.93. The first-order chi connectivity index (χ1) is 11.5. The van der Waals surface area contributed by atoms with Gasteiger partial charge >= 0.3 is 0 Å². The van der Waals surface area contributed by atoms with Gasteiger partial charge in [-0.2, -0.15) is 0 Å². The van der Waals surface area contributed by atoms with Gasteiger partial charge in [-0.05, 0) is 12.5 Å². The molecule has 0 bridgehead atoms. The number of amides is 3. The summed E-state index contributed by atoms with van der Waals surface area (Å²) < 4.78 is 5.31. The monoisotopic (exact) mass is 333 g/mol. The number of hydrogen-bond donors (Lipinski definition) is 2. The zero-order valence-corrected chi connectivity index (χ0v) is 14.0. The van der Waals surface area contributed by atoms with Gasteiger partial charge in [0.15, 0.2) is 0 Å². The summed E-state index contributed by atoms with van der Waals surface area (Å²) in [6.07, 6.45) is 0.827. The molecule has 1 aromatic carbocycles. The molecule has 0 aromatic heterocycles. The largest absolute Gasteiger partial charge is 0.496 e. The van der Waals surface area contributed by atoms with Crippen LogP contribution in [0.25, 0.3) is 0 Å². The van der Waals surface area contributed by atoms with Gasteiger partial charge in [0.05, 0.1) is 19.6 Å². The van der Waals surface area contributed by atoms with Crippen molar-refractivity contribution in [3.63, 3.8) is 0 Å². The van der Waals surface area contributed by atoms with Crippen LogP contribution in [0, 0.1) is 5.92 Å². The van der Waals surface area contributed by atoms with Crippen molar-refractivity contribution in [1.29, 1.82) is 0 Å². The Bertz CT molecular complexity index is 618. The summed E-state index contributed by atoms with van der Waals surface area (Å²) in [4.78, 5) is 37.3. The molecule has 7 heteroatoms. The number of hydrogen-bond acceptors (Lipinski definition) is 4. The first-order valence-corrected chi connectivity index (χ1v) is 7.93. The minimum absolute atomic E-state index is 0.0243. The van der Waals surface area contributed by atoms with Crippen LogP contribution < -0.4 is 15.4 Å². The Hall–Kier alpha value is -2.57. The minimum Gasteiger partial charge on any atom is -0.496 e. The molecule has 1 fully saturated rings. The molecule has 7 nitrogen and oxygen atoms in total. The molecule has 1 heterocycles. The Morgan fingerprint density at radius 1 is 1.33 bits per heavy atom. The quantitative estimate of drug-likeness (QED) is 0.784. The number of para-hydroxylation sites is 1. The fourth-order valence-electron chi connectivity index (χ4n) is 2.72. The number of nitrogens with one attached hydrogen (secondary N) is 2. The highest BCUT2D eigenvalue weighted by Gasteiger charge is 2.30. The van der Waals surface area contributed by atoms with Crippen molar-refractivity contribution in [3.05, 3.63) is 29.8 Å². The van der Waals surface area contributed by atoms with Gasteiger partial charge in [0, 0.05) is 32.1 Å². The van der Waals surface area contributed by atoms with Gasteiger partial charge in [-0.1, -0.05) is 18.2 Å². The van der Waals surface area contributed by atoms with Gasteiger partial charge in [-0.3, -0.25) is 14.4 Å². The molecule has 3 amide bonds. The van der Waals surface area contributed by atoms with Gasteiger partial charge < -0.3 is 20.3 Å². The maximum Gasteiger partial charge on any atom is 0.239 e. The predicted octanol–water partition coefficient (Wildman–Crippen LogP) is 0.296. The Balaban J connectivity index is 1.99. The third-order valence-electron chi connectivity index (χ3n) is 4.13. The summed E-state index contributed by atoms with van der Waals surface area (Å²) in [5.74, 6) is -0.00736. The second kappa shape index (κ2) is 8.33. The van der Waals surface area contributed by atoms with Crippen molar-refractivity contribution in [2.45, 2.75) is 19.4 Å². The summed E-state index contributed by atoms with van der Waals surface area (Å²) >= 11 is 0. The number of methoxy groups -OCH3 is 1. The van der Waals surface area contributed by atoms with E-state index in [0.717, 1.165) is 11.3 Å². The molecular weight excluding hydrogens is 310 g/mol.